The van der Waals surface area contributed by atoms with E-state index in [9.17, 15) is 0 Å². The summed E-state index contributed by atoms with van der Waals surface area (Å²) in [5, 5.41) is 0. The van der Waals surface area contributed by atoms with Gasteiger partial charge in [0.15, 0.2) is 11.6 Å². The summed E-state index contributed by atoms with van der Waals surface area (Å²) in [6.45, 7) is 4.68. The normalized spacial score (nSPS) is 17.2. The van der Waals surface area contributed by atoms with Crippen molar-refractivity contribution < 1.29 is 0 Å². The molecule has 2 atom stereocenters. The van der Waals surface area contributed by atoms with E-state index < -0.39 is 0 Å². The fourth-order valence-electron chi connectivity index (χ4n) is 9.98. The van der Waals surface area contributed by atoms with E-state index in [4.69, 9.17) is 15.0 Å². The fraction of sp³-hybridized carbons (Fsp3) is 0.0893. The van der Waals surface area contributed by atoms with Crippen LogP contribution in [0.4, 0.5) is 28.7 Å². The number of aromatic nitrogens is 3. The first-order valence-corrected chi connectivity index (χ1v) is 21.1. The zero-order valence-corrected chi connectivity index (χ0v) is 33.9. The topological polar surface area (TPSA) is 45.2 Å². The van der Waals surface area contributed by atoms with Crippen molar-refractivity contribution in [1.29, 1.82) is 0 Å². The molecule has 7 aromatic carbocycles. The molecule has 290 valence electrons. The van der Waals surface area contributed by atoms with Crippen LogP contribution in [0.25, 0.3) is 57.2 Å². The van der Waals surface area contributed by atoms with E-state index in [1.807, 2.05) is 36.4 Å². The molecule has 2 aliphatic heterocycles. The predicted molar refractivity (Wildman–Crippen MR) is 251 cm³/mol. The average molecular weight is 784 g/mol. The zero-order chi connectivity index (χ0) is 40.7. The van der Waals surface area contributed by atoms with Crippen molar-refractivity contribution in [3.8, 4) is 45.0 Å². The number of hydrogen-bond donors (Lipinski definition) is 0. The lowest BCUT2D eigenvalue weighted by atomic mass is 9.82. The lowest BCUT2D eigenvalue weighted by molar-refractivity contribution is 0.660. The smallest absolute Gasteiger partial charge is 0.238 e. The molecule has 5 heteroatoms. The molecule has 1 aromatic heterocycles. The summed E-state index contributed by atoms with van der Waals surface area (Å²) in [6.07, 6.45) is 13.6. The van der Waals surface area contributed by atoms with Crippen LogP contribution in [0, 0.1) is 0 Å². The highest BCUT2D eigenvalue weighted by Crippen LogP contribution is 2.54. The van der Waals surface area contributed by atoms with E-state index in [0.29, 0.717) is 23.5 Å². The summed E-state index contributed by atoms with van der Waals surface area (Å²) in [6, 6.07) is 58.9. The number of rotatable bonds is 5. The molecule has 0 N–H and O–H groups in total. The Morgan fingerprint density at radius 2 is 1.10 bits per heavy atom. The summed E-state index contributed by atoms with van der Waals surface area (Å²) in [5.41, 5.74) is 17.2. The molecule has 0 amide bonds. The Hall–Kier alpha value is -7.63. The van der Waals surface area contributed by atoms with Crippen molar-refractivity contribution in [3.63, 3.8) is 0 Å². The van der Waals surface area contributed by atoms with Gasteiger partial charge in [0.2, 0.25) is 5.95 Å². The monoisotopic (exact) mass is 783 g/mol. The number of nitrogens with zero attached hydrogens (tertiary/aromatic N) is 5. The lowest BCUT2D eigenvalue weighted by Crippen LogP contribution is -2.28. The third kappa shape index (κ3) is 5.65. The number of benzene rings is 7. The number of anilines is 5. The van der Waals surface area contributed by atoms with Crippen LogP contribution in [0.2, 0.25) is 0 Å². The number of hydrogen-bond acceptors (Lipinski definition) is 5. The Balaban J connectivity index is 1.06. The minimum atomic E-state index is -0.148. The summed E-state index contributed by atoms with van der Waals surface area (Å²) in [5.74, 6) is 2.12. The largest absolute Gasteiger partial charge is 0.333 e. The van der Waals surface area contributed by atoms with E-state index in [1.54, 1.807) is 0 Å². The van der Waals surface area contributed by atoms with E-state index >= 15 is 0 Å². The predicted octanol–water partition coefficient (Wildman–Crippen LogP) is 13.9. The van der Waals surface area contributed by atoms with Crippen molar-refractivity contribution >= 4 is 40.8 Å². The van der Waals surface area contributed by atoms with Gasteiger partial charge in [0.1, 0.15) is 0 Å². The number of para-hydroxylation sites is 1. The quantitative estimate of drug-likeness (QED) is 0.174. The minimum absolute atomic E-state index is 0.148. The highest BCUT2D eigenvalue weighted by molar-refractivity contribution is 5.97. The number of fused-ring (bicyclic) bond motifs is 8. The summed E-state index contributed by atoms with van der Waals surface area (Å²) < 4.78 is 0. The lowest BCUT2D eigenvalue weighted by Gasteiger charge is -2.29. The van der Waals surface area contributed by atoms with Crippen LogP contribution in [0.15, 0.2) is 188 Å². The molecule has 0 bridgehead atoms. The second-order valence-corrected chi connectivity index (χ2v) is 16.8. The van der Waals surface area contributed by atoms with Gasteiger partial charge in [-0.05, 0) is 92.5 Å². The van der Waals surface area contributed by atoms with Crippen LogP contribution in [0.5, 0.6) is 0 Å². The van der Waals surface area contributed by atoms with Crippen LogP contribution in [0.1, 0.15) is 47.6 Å². The van der Waals surface area contributed by atoms with E-state index in [1.165, 1.54) is 44.8 Å². The van der Waals surface area contributed by atoms with Gasteiger partial charge in [0.05, 0.1) is 17.4 Å². The maximum atomic E-state index is 5.31. The van der Waals surface area contributed by atoms with Crippen LogP contribution >= 0.6 is 0 Å². The molecule has 0 fully saturated rings. The highest BCUT2D eigenvalue weighted by Gasteiger charge is 2.39. The van der Waals surface area contributed by atoms with Gasteiger partial charge in [-0.1, -0.05) is 172 Å². The first-order valence-electron chi connectivity index (χ1n) is 21.1. The van der Waals surface area contributed by atoms with Crippen LogP contribution < -0.4 is 9.80 Å². The maximum absolute atomic E-state index is 5.31. The molecule has 12 rings (SSSR count). The molecule has 0 saturated heterocycles. The Kier molecular flexibility index (Phi) is 7.94. The molecule has 0 saturated carbocycles. The molecular weight excluding hydrogens is 743 g/mol. The first kappa shape index (κ1) is 35.3. The van der Waals surface area contributed by atoms with Gasteiger partial charge >= 0.3 is 0 Å². The summed E-state index contributed by atoms with van der Waals surface area (Å²) in [7, 11) is 0. The van der Waals surface area contributed by atoms with Gasteiger partial charge in [-0.3, -0.25) is 4.90 Å². The highest BCUT2D eigenvalue weighted by atomic mass is 15.3. The van der Waals surface area contributed by atoms with E-state index in [0.717, 1.165) is 39.2 Å². The molecule has 5 nitrogen and oxygen atoms in total. The Labute approximate surface area is 356 Å². The molecule has 4 aliphatic rings. The molecule has 3 heterocycles. The van der Waals surface area contributed by atoms with Crippen molar-refractivity contribution in [2.75, 3.05) is 9.80 Å². The molecular formula is C56H41N5. The Morgan fingerprint density at radius 1 is 0.475 bits per heavy atom. The average Bonchev–Trinajstić information content (AvgIpc) is 3.69. The standard InChI is InChI=1S/C56H41N5/c1-56(2)47-24-14-12-22-43(47)46-35-51-41(33-48(46)56)27-26-40-32-38(39-28-30-45-44-23-13-15-25-50(44)60(52(45)34-39)42-20-10-5-11-21-42)29-31-49(40)61(51)55-58-53(36-16-6-3-7-17-36)57-54(59-55)37-18-8-4-9-19-37/h3-35,44,50H,1-2H3. The van der Waals surface area contributed by atoms with Gasteiger partial charge in [-0.15, -0.1) is 0 Å². The first-order chi connectivity index (χ1) is 30.0. The number of allylic oxidation sites excluding steroid dienone is 2. The Morgan fingerprint density at radius 3 is 1.84 bits per heavy atom. The van der Waals surface area contributed by atoms with Gasteiger partial charge < -0.3 is 4.90 Å². The van der Waals surface area contributed by atoms with Crippen molar-refractivity contribution in [2.24, 2.45) is 0 Å². The van der Waals surface area contributed by atoms with E-state index in [-0.39, 0.29) is 11.5 Å². The summed E-state index contributed by atoms with van der Waals surface area (Å²) in [4.78, 5) is 20.4. The molecule has 0 radical (unpaired) electrons. The van der Waals surface area contributed by atoms with Crippen LogP contribution in [0.3, 0.4) is 0 Å². The molecule has 0 spiro atoms. The van der Waals surface area contributed by atoms with Crippen molar-refractivity contribution in [1.82, 2.24) is 15.0 Å². The van der Waals surface area contributed by atoms with Gasteiger partial charge in [-0.25, -0.2) is 4.98 Å². The van der Waals surface area contributed by atoms with Crippen molar-refractivity contribution in [2.45, 2.75) is 31.2 Å². The van der Waals surface area contributed by atoms with Gasteiger partial charge in [0.25, 0.3) is 0 Å². The summed E-state index contributed by atoms with van der Waals surface area (Å²) >= 11 is 0. The molecule has 2 aliphatic carbocycles. The zero-order valence-electron chi connectivity index (χ0n) is 33.9. The van der Waals surface area contributed by atoms with Crippen molar-refractivity contribution in [3.05, 3.63) is 216 Å². The maximum Gasteiger partial charge on any atom is 0.238 e. The Bertz CT molecular complexity index is 3070. The second kappa shape index (κ2) is 13.7. The molecule has 2 unspecified atom stereocenters. The SMILES string of the molecule is CC1(C)c2ccccc2-c2cc3c(cc21)C=Cc1cc(-c2ccc4c(c2)N(c2ccccc2)C2C=CC=CC42)ccc1N3c1nc(-c2ccccc2)nc(-c2ccccc2)n1. The fourth-order valence-corrected chi connectivity index (χ4v) is 9.98. The minimum Gasteiger partial charge on any atom is -0.333 e. The molecule has 8 aromatic rings. The van der Waals surface area contributed by atoms with Crippen LogP contribution in [-0.2, 0) is 5.41 Å². The van der Waals surface area contributed by atoms with Crippen LogP contribution in [-0.4, -0.2) is 21.0 Å². The van der Waals surface area contributed by atoms with Gasteiger partial charge in [0, 0.05) is 33.8 Å². The third-order valence-electron chi connectivity index (χ3n) is 13.0. The second-order valence-electron chi connectivity index (χ2n) is 16.8. The van der Waals surface area contributed by atoms with E-state index in [2.05, 4.69) is 187 Å². The van der Waals surface area contributed by atoms with Gasteiger partial charge in [-0.2, -0.15) is 9.97 Å². The third-order valence-corrected chi connectivity index (χ3v) is 13.0. The molecule has 61 heavy (non-hydrogen) atoms.